The van der Waals surface area contributed by atoms with Crippen LogP contribution in [0.15, 0.2) is 0 Å². The van der Waals surface area contributed by atoms with Gasteiger partial charge in [-0.3, -0.25) is 9.59 Å². The lowest BCUT2D eigenvalue weighted by molar-refractivity contribution is -0.870. The normalized spacial score (nSPS) is 19.8. The van der Waals surface area contributed by atoms with Gasteiger partial charge in [0.15, 0.2) is 6.10 Å². The lowest BCUT2D eigenvalue weighted by Crippen LogP contribution is -2.49. The van der Waals surface area contributed by atoms with Crippen molar-refractivity contribution in [1.82, 2.24) is 10.6 Å². The number of hydrogen-bond donors (Lipinski definition) is 2. The van der Waals surface area contributed by atoms with Crippen molar-refractivity contribution in [2.24, 2.45) is 5.41 Å². The summed E-state index contributed by atoms with van der Waals surface area (Å²) in [7, 11) is 5.90. The largest absolute Gasteiger partial charge is 0.508 e. The van der Waals surface area contributed by atoms with Crippen molar-refractivity contribution in [3.05, 3.63) is 0 Å². The molecule has 0 unspecified atom stereocenters. The number of thioether (sulfide) groups is 1. The minimum atomic E-state index is -1.19. The van der Waals surface area contributed by atoms with Crippen LogP contribution in [0.25, 0.3) is 0 Å². The van der Waals surface area contributed by atoms with Crippen LogP contribution in [0.2, 0.25) is 0 Å². The molecule has 0 saturated carbocycles. The van der Waals surface area contributed by atoms with Crippen molar-refractivity contribution in [1.29, 1.82) is 0 Å². The number of hydrogen-bond acceptors (Lipinski definition) is 8. The zero-order valence-electron chi connectivity index (χ0n) is 17.7. The lowest BCUT2D eigenvalue weighted by atomic mass is 9.86. The second-order valence-corrected chi connectivity index (χ2v) is 9.41. The number of carbonyl (C=O) groups excluding carboxylic acids is 4. The summed E-state index contributed by atoms with van der Waals surface area (Å²) in [4.78, 5) is 48.1. The number of nitrogens with zero attached hydrogens (tertiary/aromatic N) is 1. The van der Waals surface area contributed by atoms with E-state index in [1.807, 2.05) is 21.1 Å². The predicted octanol–water partition coefficient (Wildman–Crippen LogP) is 0.747. The molecule has 0 aromatic carbocycles. The Labute approximate surface area is 175 Å². The highest BCUT2D eigenvalue weighted by Gasteiger charge is 2.40. The van der Waals surface area contributed by atoms with Gasteiger partial charge >= 0.3 is 11.5 Å². The molecular formula is C18H32N3O7S+. The summed E-state index contributed by atoms with van der Waals surface area (Å²) in [5.41, 5.74) is -1.01. The van der Waals surface area contributed by atoms with Crippen LogP contribution >= 0.6 is 11.8 Å². The number of quaternary nitrogens is 1. The van der Waals surface area contributed by atoms with Crippen LogP contribution in [0.5, 0.6) is 0 Å². The molecule has 11 heteroatoms. The second-order valence-electron chi connectivity index (χ2n) is 8.38. The maximum atomic E-state index is 12.6. The minimum absolute atomic E-state index is 0.107. The van der Waals surface area contributed by atoms with E-state index in [0.29, 0.717) is 23.3 Å². The van der Waals surface area contributed by atoms with Crippen LogP contribution in [0, 0.1) is 5.41 Å². The van der Waals surface area contributed by atoms with E-state index in [1.165, 1.54) is 0 Å². The molecule has 1 rings (SSSR count). The Morgan fingerprint density at radius 1 is 1.17 bits per heavy atom. The molecule has 1 atom stereocenters. The van der Waals surface area contributed by atoms with Gasteiger partial charge in [-0.15, -0.1) is 0 Å². The van der Waals surface area contributed by atoms with Gasteiger partial charge in [-0.2, -0.15) is 0 Å². The van der Waals surface area contributed by atoms with Crippen molar-refractivity contribution >= 4 is 35.0 Å². The van der Waals surface area contributed by atoms with Gasteiger partial charge in [0.1, 0.15) is 19.8 Å². The number of amides is 2. The van der Waals surface area contributed by atoms with Crippen LogP contribution < -0.4 is 10.6 Å². The van der Waals surface area contributed by atoms with Gasteiger partial charge in [0.05, 0.1) is 21.1 Å². The van der Waals surface area contributed by atoms with Gasteiger partial charge in [-0.05, 0) is 11.8 Å². The predicted molar refractivity (Wildman–Crippen MR) is 107 cm³/mol. The molecule has 2 N–H and O–H groups in total. The van der Waals surface area contributed by atoms with Gasteiger partial charge in [0.2, 0.25) is 5.91 Å². The molecule has 10 nitrogen and oxygen atoms in total. The lowest BCUT2D eigenvalue weighted by Gasteiger charge is -2.32. The van der Waals surface area contributed by atoms with Crippen LogP contribution in [0.3, 0.4) is 0 Å². The first-order valence-corrected chi connectivity index (χ1v) is 10.4. The van der Waals surface area contributed by atoms with E-state index in [9.17, 15) is 19.2 Å². The van der Waals surface area contributed by atoms with E-state index in [1.54, 1.807) is 13.8 Å². The molecule has 1 aliphatic heterocycles. The smallest absolute Gasteiger partial charge is 0.443 e. The van der Waals surface area contributed by atoms with Crippen molar-refractivity contribution in [2.75, 3.05) is 59.7 Å². The fourth-order valence-corrected chi connectivity index (χ4v) is 2.80. The molecule has 0 aromatic heterocycles. The molecule has 1 heterocycles. The number of nitrogens with one attached hydrogen (secondary N) is 2. The van der Waals surface area contributed by atoms with Gasteiger partial charge < -0.3 is 29.3 Å². The van der Waals surface area contributed by atoms with E-state index >= 15 is 0 Å². The number of carbonyl (C=O) groups is 4. The topological polar surface area (TPSA) is 120 Å². The van der Waals surface area contributed by atoms with Crippen molar-refractivity contribution < 1.29 is 37.9 Å². The summed E-state index contributed by atoms with van der Waals surface area (Å²) >= 11 is 0.863. The van der Waals surface area contributed by atoms with Gasteiger partial charge in [0.25, 0.3) is 5.91 Å². The van der Waals surface area contributed by atoms with E-state index in [0.717, 1.165) is 11.8 Å². The number of likely N-dealkylation sites (N-methyl/N-ethyl adjacent to an activating group) is 1. The minimum Gasteiger partial charge on any atom is -0.443 e. The van der Waals surface area contributed by atoms with Crippen molar-refractivity contribution in [3.63, 3.8) is 0 Å². The van der Waals surface area contributed by atoms with E-state index in [-0.39, 0.29) is 32.1 Å². The van der Waals surface area contributed by atoms with Crippen molar-refractivity contribution in [2.45, 2.75) is 26.4 Å². The van der Waals surface area contributed by atoms with E-state index in [4.69, 9.17) is 14.2 Å². The molecule has 0 spiro atoms. The molecule has 29 heavy (non-hydrogen) atoms. The van der Waals surface area contributed by atoms with Gasteiger partial charge in [0, 0.05) is 30.7 Å². The third kappa shape index (κ3) is 10.4. The summed E-state index contributed by atoms with van der Waals surface area (Å²) in [5, 5.41) is 4.59. The summed E-state index contributed by atoms with van der Waals surface area (Å²) in [6.07, 6.45) is -1.92. The maximum Gasteiger partial charge on any atom is 0.508 e. The quantitative estimate of drug-likeness (QED) is 0.464. The zero-order chi connectivity index (χ0) is 22.1. The summed E-state index contributed by atoms with van der Waals surface area (Å²) in [6, 6.07) is 0. The summed E-state index contributed by atoms with van der Waals surface area (Å²) in [5.74, 6) is -0.441. The van der Waals surface area contributed by atoms with Gasteiger partial charge in [-0.25, -0.2) is 9.59 Å². The zero-order valence-corrected chi connectivity index (χ0v) is 18.6. The molecule has 1 fully saturated rings. The average Bonchev–Trinajstić information content (AvgIpc) is 2.59. The fraction of sp³-hybridized carbons (Fsp3) is 0.778. The monoisotopic (exact) mass is 434 g/mol. The molecular weight excluding hydrogens is 402 g/mol. The molecule has 0 bridgehead atoms. The Morgan fingerprint density at radius 3 is 2.52 bits per heavy atom. The maximum absolute atomic E-state index is 12.6. The highest BCUT2D eigenvalue weighted by molar-refractivity contribution is 8.13. The Balaban J connectivity index is 2.69. The Hall–Kier alpha value is -2.01. The summed E-state index contributed by atoms with van der Waals surface area (Å²) in [6.45, 7) is 4.35. The average molecular weight is 435 g/mol. The highest BCUT2D eigenvalue weighted by atomic mass is 32.2. The van der Waals surface area contributed by atoms with Crippen LogP contribution in [0.4, 0.5) is 9.59 Å². The first kappa shape index (κ1) is 25.0. The molecule has 0 aromatic rings. The van der Waals surface area contributed by atoms with Crippen LogP contribution in [0.1, 0.15) is 20.3 Å². The highest BCUT2D eigenvalue weighted by Crippen LogP contribution is 2.26. The van der Waals surface area contributed by atoms with Crippen LogP contribution in [-0.2, 0) is 23.8 Å². The first-order valence-electron chi connectivity index (χ1n) is 9.38. The Morgan fingerprint density at radius 2 is 1.86 bits per heavy atom. The van der Waals surface area contributed by atoms with E-state index < -0.39 is 28.9 Å². The standard InChI is InChI=1S/C18H31N3O7S/c1-18(2,12-27-16(24)26-10-9-21(3,4)5)14-15(23)20-7-6-13(22)19-8-11-29-17(25)28-14/h14H,6-12H2,1-5H3,(H-,19,20,22,23)/p+1/t14-/m0/s1. The number of cyclic esters (lactones) is 1. The Kier molecular flexibility index (Phi) is 9.71. The third-order valence-electron chi connectivity index (χ3n) is 4.00. The second kappa shape index (κ2) is 11.2. The molecule has 2 amide bonds. The Bertz CT molecular complexity index is 605. The fourth-order valence-electron chi connectivity index (χ4n) is 2.27. The van der Waals surface area contributed by atoms with E-state index in [2.05, 4.69) is 10.6 Å². The molecule has 1 aliphatic rings. The van der Waals surface area contributed by atoms with Crippen molar-refractivity contribution in [3.8, 4) is 0 Å². The summed E-state index contributed by atoms with van der Waals surface area (Å²) < 4.78 is 16.2. The van der Waals surface area contributed by atoms with Crippen LogP contribution in [-0.4, -0.2) is 93.6 Å². The SMILES string of the molecule is CC(C)(COC(=O)OCC[N+](C)(C)C)[C@H]1OC(=O)SCCNC(=O)CCNC1=O. The molecule has 166 valence electrons. The number of ether oxygens (including phenoxy) is 3. The molecule has 0 radical (unpaired) electrons. The number of rotatable bonds is 6. The molecule has 1 saturated heterocycles. The molecule has 0 aliphatic carbocycles. The first-order chi connectivity index (χ1) is 13.4. The third-order valence-corrected chi connectivity index (χ3v) is 4.74. The van der Waals surface area contributed by atoms with Gasteiger partial charge in [-0.1, -0.05) is 13.8 Å².